The van der Waals surface area contributed by atoms with Gasteiger partial charge in [-0.1, -0.05) is 38.1 Å². The van der Waals surface area contributed by atoms with Crippen LogP contribution in [0.1, 0.15) is 71.0 Å². The molecule has 0 spiro atoms. The van der Waals surface area contributed by atoms with Crippen molar-refractivity contribution in [2.75, 3.05) is 0 Å². The SMILES string of the molecule is Cc1ccccc1C1CC(C)(C)c2cc(F)c(COc3cc4c(cn3)[C@H]3[C@@H](C4)[C@@H]3C(=O)O)cc21. The summed E-state index contributed by atoms with van der Waals surface area (Å²) in [7, 11) is 0. The molecule has 0 bridgehead atoms. The van der Waals surface area contributed by atoms with Gasteiger partial charge in [0.25, 0.3) is 0 Å². The molecule has 2 aromatic carbocycles. The number of halogens is 1. The van der Waals surface area contributed by atoms with E-state index in [-0.39, 0.29) is 41.5 Å². The fourth-order valence-corrected chi connectivity index (χ4v) is 6.44. The van der Waals surface area contributed by atoms with Crippen LogP contribution in [0.15, 0.2) is 48.7 Å². The third kappa shape index (κ3) is 3.24. The van der Waals surface area contributed by atoms with Crippen LogP contribution in [-0.2, 0) is 23.2 Å². The van der Waals surface area contributed by atoms with Crippen LogP contribution < -0.4 is 4.74 Å². The van der Waals surface area contributed by atoms with Gasteiger partial charge in [-0.05, 0) is 76.6 Å². The van der Waals surface area contributed by atoms with Gasteiger partial charge in [0.2, 0.25) is 5.88 Å². The number of ether oxygens (including phenoxy) is 1. The Labute approximate surface area is 198 Å². The summed E-state index contributed by atoms with van der Waals surface area (Å²) in [6, 6.07) is 14.0. The molecule has 1 saturated carbocycles. The standard InChI is InChI=1S/C29H28FNO3/c1-15-6-4-5-7-18(15)21-12-29(2,3)23-11-24(30)17(9-19(21)23)14-34-25-10-16-8-20-26(22(16)13-31-25)27(20)28(32)33/h4-7,9-11,13,20-21,26-27H,8,12,14H2,1-3H3,(H,32,33)/t20-,21?,26-,27+/m1/s1. The predicted octanol–water partition coefficient (Wildman–Crippen LogP) is 5.89. The van der Waals surface area contributed by atoms with Gasteiger partial charge in [0.05, 0.1) is 5.92 Å². The van der Waals surface area contributed by atoms with E-state index in [2.05, 4.69) is 50.0 Å². The van der Waals surface area contributed by atoms with Gasteiger partial charge in [-0.3, -0.25) is 4.79 Å². The second kappa shape index (κ2) is 7.39. The number of aryl methyl sites for hydroxylation is 1. The van der Waals surface area contributed by atoms with Crippen molar-refractivity contribution in [2.24, 2.45) is 11.8 Å². The highest BCUT2D eigenvalue weighted by Crippen LogP contribution is 2.61. The van der Waals surface area contributed by atoms with Gasteiger partial charge in [0.1, 0.15) is 12.4 Å². The summed E-state index contributed by atoms with van der Waals surface area (Å²) < 4.78 is 21.1. The van der Waals surface area contributed by atoms with Crippen LogP contribution in [-0.4, -0.2) is 16.1 Å². The Bertz CT molecular complexity index is 1330. The van der Waals surface area contributed by atoms with E-state index in [0.717, 1.165) is 29.5 Å². The quantitative estimate of drug-likeness (QED) is 0.519. The monoisotopic (exact) mass is 457 g/mol. The lowest BCUT2D eigenvalue weighted by Gasteiger charge is -2.20. The molecule has 6 rings (SSSR count). The molecule has 0 saturated heterocycles. The number of rotatable bonds is 5. The predicted molar refractivity (Wildman–Crippen MR) is 127 cm³/mol. The molecule has 4 atom stereocenters. The van der Waals surface area contributed by atoms with Crippen LogP contribution in [0.3, 0.4) is 0 Å². The van der Waals surface area contributed by atoms with E-state index in [0.29, 0.717) is 11.4 Å². The van der Waals surface area contributed by atoms with E-state index in [4.69, 9.17) is 4.74 Å². The van der Waals surface area contributed by atoms with Gasteiger partial charge in [-0.25, -0.2) is 9.37 Å². The Kier molecular flexibility index (Phi) is 4.64. The van der Waals surface area contributed by atoms with E-state index in [1.165, 1.54) is 16.7 Å². The Morgan fingerprint density at radius 1 is 1.18 bits per heavy atom. The summed E-state index contributed by atoms with van der Waals surface area (Å²) in [6.45, 7) is 6.62. The largest absolute Gasteiger partial charge is 0.481 e. The van der Waals surface area contributed by atoms with Crippen molar-refractivity contribution in [3.05, 3.63) is 93.4 Å². The first-order valence-electron chi connectivity index (χ1n) is 12.0. The lowest BCUT2D eigenvalue weighted by molar-refractivity contribution is -0.139. The average Bonchev–Trinajstić information content (AvgIpc) is 3.30. The van der Waals surface area contributed by atoms with E-state index < -0.39 is 5.97 Å². The molecular weight excluding hydrogens is 429 g/mol. The number of hydrogen-bond acceptors (Lipinski definition) is 3. The van der Waals surface area contributed by atoms with Crippen molar-refractivity contribution in [3.63, 3.8) is 0 Å². The lowest BCUT2D eigenvalue weighted by atomic mass is 9.84. The number of benzene rings is 2. The van der Waals surface area contributed by atoms with Crippen molar-refractivity contribution >= 4 is 5.97 Å². The van der Waals surface area contributed by atoms with Gasteiger partial charge in [-0.15, -0.1) is 0 Å². The number of pyridine rings is 1. The number of aromatic nitrogens is 1. The van der Waals surface area contributed by atoms with Crippen molar-refractivity contribution in [1.29, 1.82) is 0 Å². The number of hydrogen-bond donors (Lipinski definition) is 1. The molecule has 1 N–H and O–H groups in total. The van der Waals surface area contributed by atoms with Crippen molar-refractivity contribution in [2.45, 2.75) is 57.5 Å². The number of aliphatic carboxylic acids is 1. The van der Waals surface area contributed by atoms with E-state index in [1.807, 2.05) is 12.1 Å². The number of carbonyl (C=O) groups is 1. The highest BCUT2D eigenvalue weighted by Gasteiger charge is 2.60. The second-order valence-corrected chi connectivity index (χ2v) is 10.8. The first kappa shape index (κ1) is 21.3. The fourth-order valence-electron chi connectivity index (χ4n) is 6.44. The molecule has 34 heavy (non-hydrogen) atoms. The van der Waals surface area contributed by atoms with Gasteiger partial charge >= 0.3 is 5.97 Å². The molecule has 3 aliphatic rings. The zero-order valence-corrected chi connectivity index (χ0v) is 19.6. The van der Waals surface area contributed by atoms with Crippen LogP contribution >= 0.6 is 0 Å². The summed E-state index contributed by atoms with van der Waals surface area (Å²) >= 11 is 0. The summed E-state index contributed by atoms with van der Waals surface area (Å²) in [4.78, 5) is 15.7. The Hall–Kier alpha value is -3.21. The number of carboxylic acids is 1. The highest BCUT2D eigenvalue weighted by molar-refractivity contribution is 5.77. The van der Waals surface area contributed by atoms with Crippen molar-refractivity contribution < 1.29 is 19.0 Å². The zero-order chi connectivity index (χ0) is 23.8. The highest BCUT2D eigenvalue weighted by atomic mass is 19.1. The molecule has 1 heterocycles. The minimum Gasteiger partial charge on any atom is -0.481 e. The smallest absolute Gasteiger partial charge is 0.307 e. The number of nitrogens with zero attached hydrogens (tertiary/aromatic N) is 1. The summed E-state index contributed by atoms with van der Waals surface area (Å²) in [6.07, 6.45) is 3.44. The van der Waals surface area contributed by atoms with Gasteiger partial charge < -0.3 is 9.84 Å². The molecule has 0 amide bonds. The third-order valence-electron chi connectivity index (χ3n) is 8.24. The maximum atomic E-state index is 15.1. The van der Waals surface area contributed by atoms with E-state index >= 15 is 4.39 Å². The zero-order valence-electron chi connectivity index (χ0n) is 19.6. The molecule has 1 unspecified atom stereocenters. The van der Waals surface area contributed by atoms with Crippen LogP contribution in [0, 0.1) is 24.6 Å². The maximum absolute atomic E-state index is 15.1. The fraction of sp³-hybridized carbons (Fsp3) is 0.379. The van der Waals surface area contributed by atoms with E-state index in [9.17, 15) is 9.90 Å². The first-order valence-corrected chi connectivity index (χ1v) is 12.0. The molecule has 3 aromatic rings. The van der Waals surface area contributed by atoms with Gasteiger partial charge in [0.15, 0.2) is 0 Å². The number of fused-ring (bicyclic) bond motifs is 4. The molecule has 0 radical (unpaired) electrons. The molecule has 0 aliphatic heterocycles. The summed E-state index contributed by atoms with van der Waals surface area (Å²) in [5.74, 6) is -0.276. The van der Waals surface area contributed by atoms with E-state index in [1.54, 1.807) is 12.3 Å². The topological polar surface area (TPSA) is 59.4 Å². The van der Waals surface area contributed by atoms with Crippen molar-refractivity contribution in [3.8, 4) is 5.88 Å². The Morgan fingerprint density at radius 3 is 2.74 bits per heavy atom. The minimum absolute atomic E-state index is 0.0879. The summed E-state index contributed by atoms with van der Waals surface area (Å²) in [5, 5.41) is 9.30. The number of carboxylic acid groups (broad SMARTS) is 1. The maximum Gasteiger partial charge on any atom is 0.307 e. The lowest BCUT2D eigenvalue weighted by Crippen LogP contribution is -2.13. The molecule has 3 aliphatic carbocycles. The van der Waals surface area contributed by atoms with Crippen LogP contribution in [0.25, 0.3) is 0 Å². The van der Waals surface area contributed by atoms with Gasteiger partial charge in [-0.2, -0.15) is 0 Å². The molecule has 4 nitrogen and oxygen atoms in total. The molecular formula is C29H28FNO3. The third-order valence-corrected chi connectivity index (χ3v) is 8.24. The van der Waals surface area contributed by atoms with Crippen LogP contribution in [0.4, 0.5) is 4.39 Å². The Balaban J connectivity index is 1.25. The van der Waals surface area contributed by atoms with Crippen LogP contribution in [0.2, 0.25) is 0 Å². The Morgan fingerprint density at radius 2 is 1.97 bits per heavy atom. The van der Waals surface area contributed by atoms with Crippen molar-refractivity contribution in [1.82, 2.24) is 4.98 Å². The first-order chi connectivity index (χ1) is 16.2. The molecule has 174 valence electrons. The molecule has 1 fully saturated rings. The normalized spacial score (nSPS) is 25.4. The summed E-state index contributed by atoms with van der Waals surface area (Å²) in [5.41, 5.74) is 7.37. The second-order valence-electron chi connectivity index (χ2n) is 10.8. The minimum atomic E-state index is -0.722. The molecule has 5 heteroatoms. The average molecular weight is 458 g/mol. The molecule has 1 aromatic heterocycles. The van der Waals surface area contributed by atoms with Crippen LogP contribution in [0.5, 0.6) is 5.88 Å². The van der Waals surface area contributed by atoms with Gasteiger partial charge in [0, 0.05) is 29.7 Å².